The highest BCUT2D eigenvalue weighted by Gasteiger charge is 2.38. The Kier molecular flexibility index (Phi) is 7.40. The fourth-order valence-corrected chi connectivity index (χ4v) is 11.8. The van der Waals surface area contributed by atoms with Crippen LogP contribution in [0.3, 0.4) is 0 Å². The van der Waals surface area contributed by atoms with Crippen molar-refractivity contribution in [2.24, 2.45) is 0 Å². The molecule has 0 aliphatic heterocycles. The first kappa shape index (κ1) is 36.4. The Bertz CT molecular complexity index is 3240. The molecule has 0 unspecified atom stereocenters. The van der Waals surface area contributed by atoms with Gasteiger partial charge in [0.15, 0.2) is 0 Å². The minimum absolute atomic E-state index is 0.0364. The molecule has 2 heterocycles. The highest BCUT2D eigenvalue weighted by atomic mass is 32.1. The summed E-state index contributed by atoms with van der Waals surface area (Å²) in [7, 11) is 0. The molecule has 0 amide bonds. The van der Waals surface area contributed by atoms with Gasteiger partial charge in [0.25, 0.3) is 0 Å². The van der Waals surface area contributed by atoms with Gasteiger partial charge in [-0.15, -0.1) is 11.3 Å². The Morgan fingerprint density at radius 3 is 1.85 bits per heavy atom. The maximum Gasteiger partial charge on any atom is 0.135 e. The summed E-state index contributed by atoms with van der Waals surface area (Å²) >= 11 is 1.97. The number of hydrogen-bond acceptors (Lipinski definition) is 3. The van der Waals surface area contributed by atoms with E-state index in [-0.39, 0.29) is 21.7 Å². The van der Waals surface area contributed by atoms with Gasteiger partial charge in [-0.2, -0.15) is 0 Å². The van der Waals surface area contributed by atoms with E-state index in [1.807, 2.05) is 17.4 Å². The van der Waals surface area contributed by atoms with Gasteiger partial charge in [-0.3, -0.25) is 0 Å². The van der Waals surface area contributed by atoms with E-state index in [2.05, 4.69) is 195 Å². The summed E-state index contributed by atoms with van der Waals surface area (Å²) < 4.78 is 9.12. The van der Waals surface area contributed by atoms with Crippen molar-refractivity contribution in [1.29, 1.82) is 0 Å². The first-order valence-electron chi connectivity index (χ1n) is 21.2. The number of para-hydroxylation sites is 1. The van der Waals surface area contributed by atoms with Crippen molar-refractivity contribution in [3.8, 4) is 22.3 Å². The van der Waals surface area contributed by atoms with Crippen LogP contribution in [-0.4, -0.2) is 0 Å². The Morgan fingerprint density at radius 2 is 1.07 bits per heavy atom. The van der Waals surface area contributed by atoms with Gasteiger partial charge in [0.05, 0.1) is 0 Å². The zero-order chi connectivity index (χ0) is 41.0. The van der Waals surface area contributed by atoms with Gasteiger partial charge < -0.3 is 9.32 Å². The van der Waals surface area contributed by atoms with Gasteiger partial charge in [-0.05, 0) is 133 Å². The SMILES string of the molecule is CC(C)(C)c1cc(C(C)(C)C)c2sc3cc4c(cc3c2c1)C(C)(C)c1ccc(N(c2ccc3c(c2)C(C)(C)c2ccccc2-3)c2ccc3oc5ccccc5c3c2)cc1-4. The average molecular weight is 786 g/mol. The lowest BCUT2D eigenvalue weighted by atomic mass is 9.79. The topological polar surface area (TPSA) is 16.4 Å². The lowest BCUT2D eigenvalue weighted by Crippen LogP contribution is -2.17. The summed E-state index contributed by atoms with van der Waals surface area (Å²) in [4.78, 5) is 2.47. The minimum Gasteiger partial charge on any atom is -0.456 e. The molecule has 0 spiro atoms. The third-order valence-electron chi connectivity index (χ3n) is 13.7. The van der Waals surface area contributed by atoms with Crippen LogP contribution in [-0.2, 0) is 21.7 Å². The van der Waals surface area contributed by atoms with Gasteiger partial charge in [-0.25, -0.2) is 0 Å². The molecule has 0 saturated carbocycles. The normalized spacial score (nSPS) is 15.2. The summed E-state index contributed by atoms with van der Waals surface area (Å²) in [6, 6.07) is 48.3. The van der Waals surface area contributed by atoms with Crippen LogP contribution >= 0.6 is 11.3 Å². The number of thiophene rings is 1. The van der Waals surface area contributed by atoms with Gasteiger partial charge >= 0.3 is 0 Å². The minimum atomic E-state index is -0.150. The molecule has 0 atom stereocenters. The van der Waals surface area contributed by atoms with Gasteiger partial charge in [0.1, 0.15) is 11.2 Å². The summed E-state index contributed by atoms with van der Waals surface area (Å²) in [5.41, 5.74) is 18.8. The van der Waals surface area contributed by atoms with Crippen molar-refractivity contribution in [2.75, 3.05) is 4.90 Å². The molecule has 2 aliphatic carbocycles. The Labute approximate surface area is 352 Å². The summed E-state index contributed by atoms with van der Waals surface area (Å²) in [6.45, 7) is 23.7. The summed E-state index contributed by atoms with van der Waals surface area (Å²) in [6.07, 6.45) is 0. The van der Waals surface area contributed by atoms with Crippen LogP contribution in [0.25, 0.3) is 64.4 Å². The predicted octanol–water partition coefficient (Wildman–Crippen LogP) is 16.6. The van der Waals surface area contributed by atoms with Gasteiger partial charge in [0, 0.05) is 58.8 Å². The van der Waals surface area contributed by atoms with E-state index in [4.69, 9.17) is 4.42 Å². The van der Waals surface area contributed by atoms with Gasteiger partial charge in [-0.1, -0.05) is 130 Å². The molecule has 3 heteroatoms. The smallest absolute Gasteiger partial charge is 0.135 e. The van der Waals surface area contributed by atoms with Crippen molar-refractivity contribution >= 4 is 70.5 Å². The van der Waals surface area contributed by atoms with Crippen LogP contribution < -0.4 is 4.90 Å². The lowest BCUT2D eigenvalue weighted by molar-refractivity contribution is 0.573. The molecule has 0 saturated heterocycles. The van der Waals surface area contributed by atoms with Crippen LogP contribution in [0, 0.1) is 0 Å². The highest BCUT2D eigenvalue weighted by Crippen LogP contribution is 2.55. The number of benzene rings is 7. The number of rotatable bonds is 3. The highest BCUT2D eigenvalue weighted by molar-refractivity contribution is 7.26. The second-order valence-electron chi connectivity index (χ2n) is 20.3. The van der Waals surface area contributed by atoms with E-state index >= 15 is 0 Å². The summed E-state index contributed by atoms with van der Waals surface area (Å²) in [5.74, 6) is 0. The van der Waals surface area contributed by atoms with E-state index in [1.165, 1.54) is 75.8 Å². The fourth-order valence-electron chi connectivity index (χ4n) is 10.4. The quantitative estimate of drug-likeness (QED) is 0.177. The van der Waals surface area contributed by atoms with Crippen LogP contribution in [0.5, 0.6) is 0 Å². The van der Waals surface area contributed by atoms with Crippen molar-refractivity contribution in [1.82, 2.24) is 0 Å². The van der Waals surface area contributed by atoms with Gasteiger partial charge in [0.2, 0.25) is 0 Å². The van der Waals surface area contributed by atoms with Crippen LogP contribution in [0.2, 0.25) is 0 Å². The zero-order valence-corrected chi connectivity index (χ0v) is 36.7. The molecule has 0 bridgehead atoms. The molecule has 7 aromatic carbocycles. The number of anilines is 3. The number of hydrogen-bond donors (Lipinski definition) is 0. The van der Waals surface area contributed by atoms with Crippen molar-refractivity contribution in [3.05, 3.63) is 161 Å². The molecule has 11 rings (SSSR count). The second kappa shape index (κ2) is 12.0. The number of nitrogens with zero attached hydrogens (tertiary/aromatic N) is 1. The van der Waals surface area contributed by atoms with Crippen LogP contribution in [0.4, 0.5) is 17.1 Å². The Hall–Kier alpha value is -5.64. The summed E-state index contributed by atoms with van der Waals surface area (Å²) in [5, 5.41) is 5.04. The molecule has 0 radical (unpaired) electrons. The monoisotopic (exact) mass is 785 g/mol. The number of furan rings is 1. The van der Waals surface area contributed by atoms with Crippen molar-refractivity contribution in [3.63, 3.8) is 0 Å². The lowest BCUT2D eigenvalue weighted by Gasteiger charge is -2.29. The Morgan fingerprint density at radius 1 is 0.458 bits per heavy atom. The molecule has 2 nitrogen and oxygen atoms in total. The van der Waals surface area contributed by atoms with E-state index in [9.17, 15) is 0 Å². The third-order valence-corrected chi connectivity index (χ3v) is 14.9. The second-order valence-corrected chi connectivity index (χ2v) is 21.3. The molecule has 292 valence electrons. The molecule has 59 heavy (non-hydrogen) atoms. The zero-order valence-electron chi connectivity index (χ0n) is 35.9. The standard InChI is InChI=1S/C56H51NOS/c1-53(2,3)32-25-43-42-30-47-40(31-51(42)59-52(43)48(26-32)54(4,5)6)39-27-33(20-23-45(39)56(47,9)10)57(34-21-24-50-41(28-34)38-16-12-14-18-49(38)58-50)35-19-22-37-36-15-11-13-17-44(36)55(7,8)46(37)29-35/h11-31H,1-10H3. The first-order chi connectivity index (χ1) is 28.0. The fraction of sp³-hybridized carbons (Fsp3) is 0.250. The molecular weight excluding hydrogens is 735 g/mol. The maximum absolute atomic E-state index is 6.33. The Balaban J connectivity index is 1.13. The molecule has 0 fully saturated rings. The first-order valence-corrected chi connectivity index (χ1v) is 22.0. The van der Waals surface area contributed by atoms with E-state index in [1.54, 1.807) is 0 Å². The molecular formula is C56H51NOS. The predicted molar refractivity (Wildman–Crippen MR) is 254 cm³/mol. The van der Waals surface area contributed by atoms with Crippen molar-refractivity contribution < 1.29 is 4.42 Å². The third kappa shape index (κ3) is 5.23. The molecule has 0 N–H and O–H groups in total. The van der Waals surface area contributed by atoms with Crippen LogP contribution in [0.1, 0.15) is 103 Å². The van der Waals surface area contributed by atoms with E-state index in [0.717, 1.165) is 39.0 Å². The van der Waals surface area contributed by atoms with Crippen molar-refractivity contribution in [2.45, 2.75) is 90.9 Å². The maximum atomic E-state index is 6.33. The number of fused-ring (bicyclic) bond motifs is 12. The molecule has 2 aliphatic rings. The average Bonchev–Trinajstić information content (AvgIpc) is 3.88. The molecule has 9 aromatic rings. The largest absolute Gasteiger partial charge is 0.456 e. The molecule has 2 aromatic heterocycles. The van der Waals surface area contributed by atoms with E-state index in [0.29, 0.717) is 0 Å². The van der Waals surface area contributed by atoms with Crippen LogP contribution in [0.15, 0.2) is 132 Å². The van der Waals surface area contributed by atoms with E-state index < -0.39 is 0 Å².